The summed E-state index contributed by atoms with van der Waals surface area (Å²) in [6, 6.07) is 11.5. The second-order valence-corrected chi connectivity index (χ2v) is 11.6. The third-order valence-electron chi connectivity index (χ3n) is 5.30. The Hall–Kier alpha value is -1.26. The highest BCUT2D eigenvalue weighted by atomic mass is 79.9. The Kier molecular flexibility index (Phi) is 5.89. The highest BCUT2D eigenvalue weighted by molar-refractivity contribution is 9.11. The number of halogens is 1. The molecular weight excluding hydrogens is 462 g/mol. The van der Waals surface area contributed by atoms with Gasteiger partial charge in [0.2, 0.25) is 5.91 Å². The van der Waals surface area contributed by atoms with Gasteiger partial charge in [-0.15, -0.1) is 11.3 Å². The molecular formula is C19H22BrN3O3S2. The molecule has 0 bridgehead atoms. The molecule has 2 aliphatic rings. The van der Waals surface area contributed by atoms with Crippen molar-refractivity contribution in [1.29, 1.82) is 0 Å². The Bertz CT molecular complexity index is 968. The van der Waals surface area contributed by atoms with Gasteiger partial charge in [-0.25, -0.2) is 8.42 Å². The monoisotopic (exact) mass is 483 g/mol. The van der Waals surface area contributed by atoms with Gasteiger partial charge in [0.15, 0.2) is 0 Å². The van der Waals surface area contributed by atoms with Gasteiger partial charge in [-0.1, -0.05) is 18.2 Å². The fraction of sp³-hybridized carbons (Fsp3) is 0.421. The zero-order valence-corrected chi connectivity index (χ0v) is 18.6. The number of rotatable bonds is 5. The average molecular weight is 484 g/mol. The summed E-state index contributed by atoms with van der Waals surface area (Å²) in [4.78, 5) is 16.7. The quantitative estimate of drug-likeness (QED) is 0.655. The van der Waals surface area contributed by atoms with E-state index < -0.39 is 10.0 Å². The van der Waals surface area contributed by atoms with Gasteiger partial charge in [0.1, 0.15) is 4.21 Å². The van der Waals surface area contributed by atoms with Crippen LogP contribution in [0.4, 0.5) is 5.69 Å². The number of hydrogen-bond acceptors (Lipinski definition) is 5. The first-order valence-electron chi connectivity index (χ1n) is 9.31. The summed E-state index contributed by atoms with van der Waals surface area (Å²) in [5, 5.41) is 0. The van der Waals surface area contributed by atoms with Gasteiger partial charge in [-0.05, 0) is 46.1 Å². The molecule has 0 N–H and O–H groups in total. The lowest BCUT2D eigenvalue weighted by Crippen LogP contribution is -2.49. The van der Waals surface area contributed by atoms with E-state index in [2.05, 4.69) is 26.9 Å². The normalized spacial score (nSPS) is 18.4. The summed E-state index contributed by atoms with van der Waals surface area (Å²) in [6.45, 7) is 3.62. The number of carbonyl (C=O) groups excluding carboxylic acids is 1. The molecule has 0 unspecified atom stereocenters. The predicted molar refractivity (Wildman–Crippen MR) is 114 cm³/mol. The topological polar surface area (TPSA) is 60.9 Å². The molecule has 1 saturated heterocycles. The molecule has 0 saturated carbocycles. The van der Waals surface area contributed by atoms with Crippen molar-refractivity contribution in [2.24, 2.45) is 0 Å². The predicted octanol–water partition coefficient (Wildman–Crippen LogP) is 2.80. The molecule has 1 aromatic heterocycles. The van der Waals surface area contributed by atoms with Gasteiger partial charge in [-0.2, -0.15) is 4.31 Å². The van der Waals surface area contributed by atoms with Crippen molar-refractivity contribution in [3.05, 3.63) is 45.7 Å². The molecule has 150 valence electrons. The molecule has 0 spiro atoms. The van der Waals surface area contributed by atoms with Crippen molar-refractivity contribution in [3.63, 3.8) is 0 Å². The molecule has 1 aromatic carbocycles. The van der Waals surface area contributed by atoms with Gasteiger partial charge in [0.05, 0.1) is 3.79 Å². The van der Waals surface area contributed by atoms with Crippen LogP contribution in [0.3, 0.4) is 0 Å². The number of piperazine rings is 1. The number of hydrogen-bond donors (Lipinski definition) is 0. The van der Waals surface area contributed by atoms with Crippen molar-refractivity contribution in [1.82, 2.24) is 9.21 Å². The van der Waals surface area contributed by atoms with E-state index in [0.717, 1.165) is 22.4 Å². The molecule has 28 heavy (non-hydrogen) atoms. The lowest BCUT2D eigenvalue weighted by Gasteiger charge is -2.33. The van der Waals surface area contributed by atoms with Gasteiger partial charge < -0.3 is 9.80 Å². The van der Waals surface area contributed by atoms with Gasteiger partial charge >= 0.3 is 0 Å². The van der Waals surface area contributed by atoms with Crippen LogP contribution in [0.15, 0.2) is 44.4 Å². The summed E-state index contributed by atoms with van der Waals surface area (Å²) >= 11 is 4.56. The highest BCUT2D eigenvalue weighted by Gasteiger charge is 2.30. The zero-order valence-electron chi connectivity index (χ0n) is 15.4. The van der Waals surface area contributed by atoms with Crippen LogP contribution >= 0.6 is 27.3 Å². The first-order valence-corrected chi connectivity index (χ1v) is 12.4. The van der Waals surface area contributed by atoms with E-state index in [4.69, 9.17) is 0 Å². The summed E-state index contributed by atoms with van der Waals surface area (Å²) in [7, 11) is -3.42. The van der Waals surface area contributed by atoms with Crippen LogP contribution in [0.5, 0.6) is 0 Å². The maximum Gasteiger partial charge on any atom is 0.252 e. The van der Waals surface area contributed by atoms with E-state index in [0.29, 0.717) is 43.4 Å². The van der Waals surface area contributed by atoms with E-state index in [1.807, 2.05) is 23.1 Å². The van der Waals surface area contributed by atoms with E-state index in [1.165, 1.54) is 16.9 Å². The van der Waals surface area contributed by atoms with Crippen LogP contribution in [0.1, 0.15) is 12.0 Å². The van der Waals surface area contributed by atoms with Crippen LogP contribution < -0.4 is 4.90 Å². The van der Waals surface area contributed by atoms with E-state index in [9.17, 15) is 13.2 Å². The van der Waals surface area contributed by atoms with E-state index in [1.54, 1.807) is 16.4 Å². The Morgan fingerprint density at radius 3 is 2.50 bits per heavy atom. The second kappa shape index (κ2) is 8.23. The van der Waals surface area contributed by atoms with Crippen LogP contribution in [0.2, 0.25) is 0 Å². The standard InChI is InChI=1S/C19H22BrN3O3S2/c20-17-5-6-19(27-17)28(25,26)22-13-11-21(12-14-22)9-8-18(24)23-10-7-15-3-1-2-4-16(15)23/h1-6H,7-14H2. The highest BCUT2D eigenvalue weighted by Crippen LogP contribution is 2.29. The molecule has 2 aromatic rings. The first kappa shape index (κ1) is 20.0. The SMILES string of the molecule is O=C(CCN1CCN(S(=O)(=O)c2ccc(Br)s2)CC1)N1CCc2ccccc21. The third-order valence-corrected chi connectivity index (χ3v) is 9.29. The molecule has 1 fully saturated rings. The second-order valence-electron chi connectivity index (χ2n) is 6.98. The van der Waals surface area contributed by atoms with E-state index >= 15 is 0 Å². The number of amides is 1. The third kappa shape index (κ3) is 4.04. The molecule has 2 aliphatic heterocycles. The van der Waals surface area contributed by atoms with Crippen molar-refractivity contribution in [2.45, 2.75) is 17.1 Å². The summed E-state index contributed by atoms with van der Waals surface area (Å²) in [6.07, 6.45) is 1.37. The van der Waals surface area contributed by atoms with E-state index in [-0.39, 0.29) is 5.91 Å². The van der Waals surface area contributed by atoms with Crippen LogP contribution in [0, 0.1) is 0 Å². The minimum atomic E-state index is -3.42. The number of anilines is 1. The fourth-order valence-electron chi connectivity index (χ4n) is 3.74. The molecule has 6 nitrogen and oxygen atoms in total. The van der Waals surface area contributed by atoms with Crippen molar-refractivity contribution in [2.75, 3.05) is 44.2 Å². The maximum atomic E-state index is 12.7. The minimum Gasteiger partial charge on any atom is -0.312 e. The number of benzene rings is 1. The Balaban J connectivity index is 1.29. The molecule has 1 amide bonds. The first-order chi connectivity index (χ1) is 13.4. The number of nitrogens with zero attached hydrogens (tertiary/aromatic N) is 3. The largest absolute Gasteiger partial charge is 0.312 e. The van der Waals surface area contributed by atoms with Crippen molar-refractivity contribution >= 4 is 48.9 Å². The molecule has 4 rings (SSSR count). The molecule has 0 atom stereocenters. The van der Waals surface area contributed by atoms with Gasteiger partial charge in [0.25, 0.3) is 10.0 Å². The summed E-state index contributed by atoms with van der Waals surface area (Å²) in [5.74, 6) is 0.142. The summed E-state index contributed by atoms with van der Waals surface area (Å²) in [5.41, 5.74) is 2.26. The zero-order chi connectivity index (χ0) is 19.7. The average Bonchev–Trinajstić information content (AvgIpc) is 3.33. The lowest BCUT2D eigenvalue weighted by molar-refractivity contribution is -0.118. The Labute approximate surface area is 177 Å². The molecule has 0 aliphatic carbocycles. The molecule has 9 heteroatoms. The Morgan fingerprint density at radius 1 is 1.04 bits per heavy atom. The van der Waals surface area contributed by atoms with Gasteiger partial charge in [-0.3, -0.25) is 4.79 Å². The number of para-hydroxylation sites is 1. The smallest absolute Gasteiger partial charge is 0.252 e. The number of thiophene rings is 1. The van der Waals surface area contributed by atoms with Crippen LogP contribution in [-0.4, -0.2) is 62.8 Å². The summed E-state index contributed by atoms with van der Waals surface area (Å²) < 4.78 is 28.1. The number of carbonyl (C=O) groups is 1. The van der Waals surface area contributed by atoms with Crippen molar-refractivity contribution in [3.8, 4) is 0 Å². The lowest BCUT2D eigenvalue weighted by atomic mass is 10.2. The van der Waals surface area contributed by atoms with Crippen LogP contribution in [0.25, 0.3) is 0 Å². The van der Waals surface area contributed by atoms with Crippen molar-refractivity contribution < 1.29 is 13.2 Å². The molecule has 3 heterocycles. The molecule has 0 radical (unpaired) electrons. The van der Waals surface area contributed by atoms with Crippen LogP contribution in [-0.2, 0) is 21.2 Å². The maximum absolute atomic E-state index is 12.7. The Morgan fingerprint density at radius 2 is 1.79 bits per heavy atom. The minimum absolute atomic E-state index is 0.142. The number of sulfonamides is 1. The number of fused-ring (bicyclic) bond motifs is 1. The fourth-order valence-corrected chi connectivity index (χ4v) is 7.33. The van der Waals surface area contributed by atoms with Gasteiger partial charge in [0, 0.05) is 51.4 Å².